The van der Waals surface area contributed by atoms with E-state index in [4.69, 9.17) is 11.6 Å². The fourth-order valence-corrected chi connectivity index (χ4v) is 1.48. The second-order valence-electron chi connectivity index (χ2n) is 1.94. The first-order valence-corrected chi connectivity index (χ1v) is 4.57. The van der Waals surface area contributed by atoms with E-state index >= 15 is 0 Å². The number of nitrogens with zero attached hydrogens (tertiary/aromatic N) is 1. The van der Waals surface area contributed by atoms with Gasteiger partial charge in [-0.1, -0.05) is 34.5 Å². The normalized spacial score (nSPS) is 10.3. The van der Waals surface area contributed by atoms with Crippen LogP contribution in [0.2, 0.25) is 5.15 Å². The van der Waals surface area contributed by atoms with Gasteiger partial charge in [-0.2, -0.15) is 0 Å². The molecule has 0 atom stereocenters. The van der Waals surface area contributed by atoms with Crippen LogP contribution >= 0.6 is 27.5 Å². The molecule has 0 bridgehead atoms. The Morgan fingerprint density at radius 2 is 2.40 bits per heavy atom. The van der Waals surface area contributed by atoms with E-state index in [-0.39, 0.29) is 0 Å². The molecule has 0 radical (unpaired) electrons. The fraction of sp³-hybridized carbons (Fsp3) is 0.500. The minimum absolute atomic E-state index is 0.578. The standard InChI is InChI=1S/C6H8BrClN2/c1-2-5-9-4(3-7)6(8)10-5/h2-3H2,1H3,(H,9,10). The lowest BCUT2D eigenvalue weighted by Crippen LogP contribution is -1.81. The Labute approximate surface area is 73.1 Å². The molecule has 0 fully saturated rings. The number of nitrogens with one attached hydrogen (secondary N) is 1. The summed E-state index contributed by atoms with van der Waals surface area (Å²) < 4.78 is 0. The summed E-state index contributed by atoms with van der Waals surface area (Å²) in [6, 6.07) is 0. The van der Waals surface area contributed by atoms with Crippen LogP contribution in [0.5, 0.6) is 0 Å². The van der Waals surface area contributed by atoms with E-state index in [1.165, 1.54) is 0 Å². The van der Waals surface area contributed by atoms with Gasteiger partial charge >= 0.3 is 0 Å². The predicted molar refractivity (Wildman–Crippen MR) is 45.6 cm³/mol. The van der Waals surface area contributed by atoms with Crippen LogP contribution < -0.4 is 0 Å². The first-order valence-electron chi connectivity index (χ1n) is 3.07. The number of aryl methyl sites for hydroxylation is 1. The van der Waals surface area contributed by atoms with Crippen LogP contribution in [0.4, 0.5) is 0 Å². The Hall–Kier alpha value is -0.0200. The molecule has 0 amide bonds. The van der Waals surface area contributed by atoms with E-state index in [1.807, 2.05) is 6.92 Å². The summed E-state index contributed by atoms with van der Waals surface area (Å²) in [5.74, 6) is 0.944. The third kappa shape index (κ3) is 1.52. The molecule has 0 aliphatic carbocycles. The summed E-state index contributed by atoms with van der Waals surface area (Å²) in [5, 5.41) is 1.31. The summed E-state index contributed by atoms with van der Waals surface area (Å²) in [6.07, 6.45) is 0.896. The van der Waals surface area contributed by atoms with Crippen molar-refractivity contribution in [1.29, 1.82) is 0 Å². The van der Waals surface area contributed by atoms with Gasteiger partial charge in [0.1, 0.15) is 5.82 Å². The van der Waals surface area contributed by atoms with Crippen LogP contribution in [0.25, 0.3) is 0 Å². The molecule has 0 saturated carbocycles. The minimum Gasteiger partial charge on any atom is -0.344 e. The van der Waals surface area contributed by atoms with Crippen LogP contribution in [0, 0.1) is 0 Å². The van der Waals surface area contributed by atoms with Crippen molar-refractivity contribution in [3.63, 3.8) is 0 Å². The number of aromatic nitrogens is 2. The zero-order valence-corrected chi connectivity index (χ0v) is 7.96. The van der Waals surface area contributed by atoms with Gasteiger partial charge in [0.05, 0.1) is 5.69 Å². The first-order chi connectivity index (χ1) is 4.77. The molecule has 4 heteroatoms. The van der Waals surface area contributed by atoms with E-state index in [1.54, 1.807) is 0 Å². The molecular weight excluding hydrogens is 215 g/mol. The average Bonchev–Trinajstić information content (AvgIpc) is 2.30. The highest BCUT2D eigenvalue weighted by atomic mass is 79.9. The highest BCUT2D eigenvalue weighted by Gasteiger charge is 2.03. The molecule has 10 heavy (non-hydrogen) atoms. The predicted octanol–water partition coefficient (Wildman–Crippen LogP) is 2.52. The van der Waals surface area contributed by atoms with Gasteiger partial charge < -0.3 is 4.98 Å². The largest absolute Gasteiger partial charge is 0.344 e. The zero-order valence-electron chi connectivity index (χ0n) is 5.62. The van der Waals surface area contributed by atoms with E-state index in [2.05, 4.69) is 25.9 Å². The monoisotopic (exact) mass is 222 g/mol. The van der Waals surface area contributed by atoms with Gasteiger partial charge in [-0.25, -0.2) is 4.98 Å². The van der Waals surface area contributed by atoms with E-state index in [0.717, 1.165) is 23.3 Å². The number of rotatable bonds is 2. The number of aromatic amines is 1. The second kappa shape index (κ2) is 3.39. The summed E-state index contributed by atoms with van der Waals surface area (Å²) in [7, 11) is 0. The lowest BCUT2D eigenvalue weighted by atomic mass is 10.5. The fourth-order valence-electron chi connectivity index (χ4n) is 0.696. The summed E-state index contributed by atoms with van der Waals surface area (Å²) >= 11 is 9.05. The summed E-state index contributed by atoms with van der Waals surface area (Å²) in [4.78, 5) is 7.17. The van der Waals surface area contributed by atoms with Gasteiger partial charge in [0, 0.05) is 11.8 Å². The molecule has 0 aromatic carbocycles. The van der Waals surface area contributed by atoms with Gasteiger partial charge in [0.25, 0.3) is 0 Å². The molecule has 1 N–H and O–H groups in total. The number of imidazole rings is 1. The van der Waals surface area contributed by atoms with Crippen molar-refractivity contribution in [1.82, 2.24) is 9.97 Å². The quantitative estimate of drug-likeness (QED) is 0.767. The van der Waals surface area contributed by atoms with Crippen molar-refractivity contribution in [3.05, 3.63) is 16.7 Å². The van der Waals surface area contributed by atoms with Crippen molar-refractivity contribution in [2.45, 2.75) is 18.7 Å². The highest BCUT2D eigenvalue weighted by molar-refractivity contribution is 9.08. The topological polar surface area (TPSA) is 28.7 Å². The van der Waals surface area contributed by atoms with Crippen LogP contribution in [0.3, 0.4) is 0 Å². The van der Waals surface area contributed by atoms with E-state index in [0.29, 0.717) is 5.15 Å². The van der Waals surface area contributed by atoms with Crippen molar-refractivity contribution in [2.75, 3.05) is 0 Å². The molecule has 1 heterocycles. The van der Waals surface area contributed by atoms with Gasteiger partial charge in [-0.3, -0.25) is 0 Å². The summed E-state index contributed by atoms with van der Waals surface area (Å²) in [6.45, 7) is 2.03. The van der Waals surface area contributed by atoms with Crippen LogP contribution in [-0.2, 0) is 11.8 Å². The Balaban J connectivity index is 2.92. The van der Waals surface area contributed by atoms with Crippen LogP contribution in [0.15, 0.2) is 0 Å². The van der Waals surface area contributed by atoms with E-state index < -0.39 is 0 Å². The third-order valence-electron chi connectivity index (χ3n) is 1.25. The van der Waals surface area contributed by atoms with Gasteiger partial charge in [0.15, 0.2) is 5.15 Å². The Morgan fingerprint density at radius 3 is 2.70 bits per heavy atom. The maximum atomic E-state index is 5.75. The summed E-state index contributed by atoms with van der Waals surface area (Å²) in [5.41, 5.74) is 0.957. The maximum absolute atomic E-state index is 5.75. The molecule has 0 aliphatic heterocycles. The molecule has 1 rings (SSSR count). The number of alkyl halides is 1. The molecule has 1 aromatic rings. The SMILES string of the molecule is CCc1nc(Cl)c(CBr)[nH]1. The van der Waals surface area contributed by atoms with Crippen molar-refractivity contribution in [3.8, 4) is 0 Å². The number of hydrogen-bond acceptors (Lipinski definition) is 1. The molecule has 0 unspecified atom stereocenters. The zero-order chi connectivity index (χ0) is 7.56. The molecule has 0 spiro atoms. The van der Waals surface area contributed by atoms with Crippen molar-refractivity contribution >= 4 is 27.5 Å². The van der Waals surface area contributed by atoms with Crippen molar-refractivity contribution < 1.29 is 0 Å². The molecule has 0 aliphatic rings. The highest BCUT2D eigenvalue weighted by Crippen LogP contribution is 2.15. The first kappa shape index (κ1) is 8.08. The molecule has 1 aromatic heterocycles. The molecule has 2 nitrogen and oxygen atoms in total. The second-order valence-corrected chi connectivity index (χ2v) is 2.86. The van der Waals surface area contributed by atoms with Gasteiger partial charge in [0.2, 0.25) is 0 Å². The number of halogens is 2. The minimum atomic E-state index is 0.578. The maximum Gasteiger partial charge on any atom is 0.151 e. The van der Waals surface area contributed by atoms with Crippen LogP contribution in [-0.4, -0.2) is 9.97 Å². The third-order valence-corrected chi connectivity index (χ3v) is 2.12. The Kier molecular flexibility index (Phi) is 2.74. The van der Waals surface area contributed by atoms with Crippen molar-refractivity contribution in [2.24, 2.45) is 0 Å². The Morgan fingerprint density at radius 1 is 1.70 bits per heavy atom. The molecular formula is C6H8BrClN2. The lowest BCUT2D eigenvalue weighted by molar-refractivity contribution is 0.981. The number of hydrogen-bond donors (Lipinski definition) is 1. The van der Waals surface area contributed by atoms with Gasteiger partial charge in [-0.15, -0.1) is 0 Å². The van der Waals surface area contributed by atoms with E-state index in [9.17, 15) is 0 Å². The lowest BCUT2D eigenvalue weighted by Gasteiger charge is -1.85. The molecule has 0 saturated heterocycles. The number of H-pyrrole nitrogens is 1. The molecule has 56 valence electrons. The smallest absolute Gasteiger partial charge is 0.151 e. The van der Waals surface area contributed by atoms with Gasteiger partial charge in [-0.05, 0) is 0 Å². The average molecular weight is 224 g/mol. The van der Waals surface area contributed by atoms with Crippen LogP contribution in [0.1, 0.15) is 18.4 Å². The Bertz CT molecular complexity index is 222.